The third-order valence-corrected chi connectivity index (χ3v) is 6.23. The highest BCUT2D eigenvalue weighted by atomic mass is 16.5. The number of benzene rings is 1. The molecule has 1 aliphatic heterocycles. The maximum absolute atomic E-state index is 13.1. The van der Waals surface area contributed by atoms with Gasteiger partial charge in [-0.25, -0.2) is 0 Å². The van der Waals surface area contributed by atoms with E-state index in [1.54, 1.807) is 6.20 Å². The topological polar surface area (TPSA) is 92.2 Å². The highest BCUT2D eigenvalue weighted by molar-refractivity contribution is 5.96. The maximum atomic E-state index is 13.1. The number of carbonyl (C=O) groups is 1. The summed E-state index contributed by atoms with van der Waals surface area (Å²) in [5, 5.41) is 8.56. The monoisotopic (exact) mass is 435 g/mol. The zero-order valence-electron chi connectivity index (χ0n) is 18.8. The van der Waals surface area contributed by atoms with Crippen molar-refractivity contribution in [3.8, 4) is 0 Å². The molecule has 2 aromatic heterocycles. The Bertz CT molecular complexity index is 1240. The quantitative estimate of drug-likeness (QED) is 0.641. The number of H-pyrrole nitrogens is 1. The summed E-state index contributed by atoms with van der Waals surface area (Å²) in [4.78, 5) is 30.2. The van der Waals surface area contributed by atoms with Crippen LogP contribution in [0.3, 0.4) is 0 Å². The molecule has 5 rings (SSSR count). The molecule has 8 nitrogen and oxygen atoms in total. The smallest absolute Gasteiger partial charge is 0.261 e. The van der Waals surface area contributed by atoms with E-state index in [0.29, 0.717) is 42.4 Å². The van der Waals surface area contributed by atoms with Gasteiger partial charge in [0.2, 0.25) is 0 Å². The van der Waals surface area contributed by atoms with Crippen molar-refractivity contribution < 1.29 is 9.53 Å². The van der Waals surface area contributed by atoms with Crippen molar-refractivity contribution in [2.45, 2.75) is 45.8 Å². The van der Waals surface area contributed by atoms with Crippen molar-refractivity contribution in [2.24, 2.45) is 5.92 Å². The van der Waals surface area contributed by atoms with Crippen LogP contribution in [0.4, 0.5) is 11.5 Å². The van der Waals surface area contributed by atoms with Gasteiger partial charge in [0.25, 0.3) is 11.5 Å². The molecule has 1 amide bonds. The third-order valence-electron chi connectivity index (χ3n) is 6.23. The van der Waals surface area contributed by atoms with Gasteiger partial charge in [-0.1, -0.05) is 0 Å². The number of aromatic amines is 1. The van der Waals surface area contributed by atoms with Gasteiger partial charge in [-0.2, -0.15) is 5.10 Å². The first-order valence-electron chi connectivity index (χ1n) is 11.2. The molecule has 8 heteroatoms. The Balaban J connectivity index is 1.41. The van der Waals surface area contributed by atoms with Crippen molar-refractivity contribution in [3.05, 3.63) is 51.9 Å². The zero-order valence-corrected chi connectivity index (χ0v) is 18.8. The normalized spacial score (nSPS) is 18.2. The van der Waals surface area contributed by atoms with E-state index >= 15 is 0 Å². The van der Waals surface area contributed by atoms with Crippen LogP contribution in [0.15, 0.2) is 35.3 Å². The van der Waals surface area contributed by atoms with Crippen molar-refractivity contribution in [1.29, 1.82) is 0 Å². The highest BCUT2D eigenvalue weighted by Gasteiger charge is 2.31. The van der Waals surface area contributed by atoms with Crippen molar-refractivity contribution in [3.63, 3.8) is 0 Å². The van der Waals surface area contributed by atoms with Crippen LogP contribution in [-0.4, -0.2) is 50.9 Å². The molecule has 1 aliphatic carbocycles. The lowest BCUT2D eigenvalue weighted by molar-refractivity contribution is -0.0764. The van der Waals surface area contributed by atoms with E-state index in [4.69, 9.17) is 9.84 Å². The number of amides is 1. The summed E-state index contributed by atoms with van der Waals surface area (Å²) >= 11 is 0. The molecule has 1 saturated heterocycles. The largest absolute Gasteiger partial charge is 0.372 e. The van der Waals surface area contributed by atoms with E-state index < -0.39 is 0 Å². The van der Waals surface area contributed by atoms with E-state index in [2.05, 4.69) is 10.3 Å². The fraction of sp³-hybridized carbons (Fsp3) is 0.458. The van der Waals surface area contributed by atoms with E-state index in [1.807, 2.05) is 54.6 Å². The Morgan fingerprint density at radius 2 is 2.12 bits per heavy atom. The van der Waals surface area contributed by atoms with Gasteiger partial charge in [-0.15, -0.1) is 0 Å². The molecule has 3 heterocycles. The lowest BCUT2D eigenvalue weighted by Crippen LogP contribution is -2.50. The number of carbonyl (C=O) groups excluding carboxylic acids is 1. The average molecular weight is 436 g/mol. The predicted molar refractivity (Wildman–Crippen MR) is 123 cm³/mol. The number of morpholine rings is 1. The predicted octanol–water partition coefficient (Wildman–Crippen LogP) is 3.44. The Morgan fingerprint density at radius 3 is 2.84 bits per heavy atom. The molecular weight excluding hydrogens is 406 g/mol. The van der Waals surface area contributed by atoms with Crippen LogP contribution in [0.1, 0.15) is 42.6 Å². The molecule has 0 unspecified atom stereocenters. The van der Waals surface area contributed by atoms with E-state index in [0.717, 1.165) is 23.3 Å². The van der Waals surface area contributed by atoms with Gasteiger partial charge >= 0.3 is 0 Å². The fourth-order valence-electron chi connectivity index (χ4n) is 4.39. The molecule has 2 aliphatic rings. The molecular formula is C24H29N5O3. The van der Waals surface area contributed by atoms with Crippen LogP contribution in [0, 0.1) is 12.8 Å². The lowest BCUT2D eigenvalue weighted by Gasteiger charge is -2.38. The number of nitrogens with zero attached hydrogens (tertiary/aromatic N) is 3. The van der Waals surface area contributed by atoms with Crippen molar-refractivity contribution >= 4 is 28.3 Å². The second-order valence-electron chi connectivity index (χ2n) is 9.53. The van der Waals surface area contributed by atoms with Gasteiger partial charge in [0, 0.05) is 37.1 Å². The molecule has 0 bridgehead atoms. The Kier molecular flexibility index (Phi) is 5.04. The Labute approximate surface area is 186 Å². The second-order valence-corrected chi connectivity index (χ2v) is 9.53. The van der Waals surface area contributed by atoms with Gasteiger partial charge in [-0.05, 0) is 69.4 Å². The van der Waals surface area contributed by atoms with Crippen molar-refractivity contribution in [2.75, 3.05) is 25.0 Å². The SMILES string of the molecule is Cc1cc(Nc2nn(CC3CC3)c3cc[nH]c(=O)c23)ccc1C(=O)N1CCOC(C)(C)C1. The number of aryl methyl sites for hydroxylation is 1. The number of hydrogen-bond donors (Lipinski definition) is 2. The third kappa shape index (κ3) is 4.02. The minimum atomic E-state index is -0.337. The summed E-state index contributed by atoms with van der Waals surface area (Å²) in [5.74, 6) is 1.19. The average Bonchev–Trinajstić information content (AvgIpc) is 3.49. The summed E-state index contributed by atoms with van der Waals surface area (Å²) < 4.78 is 7.66. The maximum Gasteiger partial charge on any atom is 0.261 e. The number of hydrogen-bond acceptors (Lipinski definition) is 5. The standard InChI is InChI=1S/C24H29N5O3/c1-15-12-17(6-7-18(15)23(31)28-10-11-32-24(2,3)14-28)26-21-20-19(8-9-25-22(20)30)29(27-21)13-16-4-5-16/h6-9,12,16H,4-5,10-11,13-14H2,1-3H3,(H,25,30)(H,26,27). The molecule has 0 atom stereocenters. The van der Waals surface area contributed by atoms with Gasteiger partial charge in [0.1, 0.15) is 5.39 Å². The molecule has 0 spiro atoms. The van der Waals surface area contributed by atoms with Crippen LogP contribution in [0.2, 0.25) is 0 Å². The number of fused-ring (bicyclic) bond motifs is 1. The first-order valence-corrected chi connectivity index (χ1v) is 11.2. The number of ether oxygens (including phenoxy) is 1. The summed E-state index contributed by atoms with van der Waals surface area (Å²) in [5.41, 5.74) is 2.68. The second kappa shape index (κ2) is 7.78. The highest BCUT2D eigenvalue weighted by Crippen LogP contribution is 2.33. The van der Waals surface area contributed by atoms with E-state index in [-0.39, 0.29) is 17.1 Å². The van der Waals surface area contributed by atoms with Gasteiger partial charge in [0.15, 0.2) is 5.82 Å². The minimum Gasteiger partial charge on any atom is -0.372 e. The molecule has 168 valence electrons. The van der Waals surface area contributed by atoms with Crippen molar-refractivity contribution in [1.82, 2.24) is 19.7 Å². The first-order chi connectivity index (χ1) is 15.3. The summed E-state index contributed by atoms with van der Waals surface area (Å²) in [6.45, 7) is 8.46. The van der Waals surface area contributed by atoms with Crippen LogP contribution in [-0.2, 0) is 11.3 Å². The number of nitrogens with one attached hydrogen (secondary N) is 2. The summed E-state index contributed by atoms with van der Waals surface area (Å²) in [6.07, 6.45) is 4.08. The molecule has 1 aromatic carbocycles. The van der Waals surface area contributed by atoms with Gasteiger partial charge in [0.05, 0.1) is 17.7 Å². The minimum absolute atomic E-state index is 0.0148. The fourth-order valence-corrected chi connectivity index (χ4v) is 4.39. The molecule has 32 heavy (non-hydrogen) atoms. The van der Waals surface area contributed by atoms with E-state index in [9.17, 15) is 9.59 Å². The summed E-state index contributed by atoms with van der Waals surface area (Å²) in [6, 6.07) is 7.54. The number of rotatable bonds is 5. The number of aromatic nitrogens is 3. The molecule has 3 aromatic rings. The van der Waals surface area contributed by atoms with Crippen LogP contribution < -0.4 is 10.9 Å². The zero-order chi connectivity index (χ0) is 22.5. The lowest BCUT2D eigenvalue weighted by atomic mass is 10.0. The summed E-state index contributed by atoms with van der Waals surface area (Å²) in [7, 11) is 0. The Morgan fingerprint density at radius 1 is 1.31 bits per heavy atom. The molecule has 2 fully saturated rings. The van der Waals surface area contributed by atoms with E-state index in [1.165, 1.54) is 12.8 Å². The van der Waals surface area contributed by atoms with Gasteiger partial charge in [-0.3, -0.25) is 14.3 Å². The van der Waals surface area contributed by atoms with Crippen LogP contribution in [0.25, 0.3) is 10.9 Å². The first kappa shape index (κ1) is 20.8. The number of pyridine rings is 1. The molecule has 0 radical (unpaired) electrons. The van der Waals surface area contributed by atoms with Crippen LogP contribution in [0.5, 0.6) is 0 Å². The Hall–Kier alpha value is -3.13. The van der Waals surface area contributed by atoms with Crippen LogP contribution >= 0.6 is 0 Å². The molecule has 2 N–H and O–H groups in total. The number of anilines is 2. The van der Waals surface area contributed by atoms with Gasteiger partial charge < -0.3 is 19.9 Å². The molecule has 1 saturated carbocycles.